The summed E-state index contributed by atoms with van der Waals surface area (Å²) >= 11 is 0. The molecule has 3 unspecified atom stereocenters. The van der Waals surface area contributed by atoms with Gasteiger partial charge in [-0.2, -0.15) is 0 Å². The first kappa shape index (κ1) is 25.2. The third-order valence-electron chi connectivity index (χ3n) is 8.70. The van der Waals surface area contributed by atoms with E-state index < -0.39 is 0 Å². The summed E-state index contributed by atoms with van der Waals surface area (Å²) in [6.07, 6.45) is 12.8. The van der Waals surface area contributed by atoms with Gasteiger partial charge in [0.15, 0.2) is 0 Å². The van der Waals surface area contributed by atoms with Gasteiger partial charge in [0, 0.05) is 43.3 Å². The fourth-order valence-corrected chi connectivity index (χ4v) is 6.83. The zero-order valence-electron chi connectivity index (χ0n) is 22.0. The number of hydrogen-bond acceptors (Lipinski definition) is 3. The van der Waals surface area contributed by atoms with Crippen molar-refractivity contribution in [2.24, 2.45) is 0 Å². The first-order valence-electron chi connectivity index (χ1n) is 14.3. The highest BCUT2D eigenvalue weighted by Gasteiger charge is 2.39. The minimum absolute atomic E-state index is 0.0738. The van der Waals surface area contributed by atoms with Crippen LogP contribution in [-0.2, 0) is 6.42 Å². The molecule has 3 atom stereocenters. The summed E-state index contributed by atoms with van der Waals surface area (Å²) in [5, 5.41) is 3.25. The number of benzene rings is 2. The van der Waals surface area contributed by atoms with E-state index in [9.17, 15) is 4.79 Å². The van der Waals surface area contributed by atoms with Gasteiger partial charge >= 0.3 is 0 Å². The van der Waals surface area contributed by atoms with E-state index in [1.165, 1.54) is 55.2 Å². The van der Waals surface area contributed by atoms with Crippen LogP contribution in [0.5, 0.6) is 0 Å². The van der Waals surface area contributed by atoms with E-state index in [2.05, 4.69) is 71.1 Å². The van der Waals surface area contributed by atoms with Gasteiger partial charge in [-0.3, -0.25) is 14.6 Å². The predicted molar refractivity (Wildman–Crippen MR) is 148 cm³/mol. The van der Waals surface area contributed by atoms with Gasteiger partial charge in [0.05, 0.1) is 6.04 Å². The summed E-state index contributed by atoms with van der Waals surface area (Å²) < 4.78 is 0. The Labute approximate surface area is 217 Å². The molecular weight excluding hydrogens is 442 g/mol. The maximum absolute atomic E-state index is 12.9. The van der Waals surface area contributed by atoms with E-state index in [0.29, 0.717) is 18.1 Å². The average molecular weight is 486 g/mol. The Hall–Kier alpha value is -2.43. The summed E-state index contributed by atoms with van der Waals surface area (Å²) in [4.78, 5) is 18.3. The average Bonchev–Trinajstić information content (AvgIpc) is 3.39. The van der Waals surface area contributed by atoms with E-state index in [4.69, 9.17) is 0 Å². The van der Waals surface area contributed by atoms with Gasteiger partial charge in [-0.05, 0) is 67.3 Å². The maximum atomic E-state index is 12.9. The molecule has 1 N–H and O–H groups in total. The van der Waals surface area contributed by atoms with Crippen LogP contribution < -0.4 is 5.32 Å². The summed E-state index contributed by atoms with van der Waals surface area (Å²) in [6.45, 7) is 9.46. The topological polar surface area (TPSA) is 35.6 Å². The summed E-state index contributed by atoms with van der Waals surface area (Å²) in [7, 11) is 0. The molecule has 192 valence electrons. The molecular formula is C32H43N3O. The predicted octanol–water partition coefficient (Wildman–Crippen LogP) is 6.13. The molecule has 2 aromatic carbocycles. The Kier molecular flexibility index (Phi) is 8.23. The molecule has 2 aliphatic heterocycles. The molecule has 3 aliphatic rings. The molecule has 3 fully saturated rings. The largest absolute Gasteiger partial charge is 0.349 e. The molecule has 0 spiro atoms. The molecule has 2 saturated heterocycles. The lowest BCUT2D eigenvalue weighted by atomic mass is 9.87. The van der Waals surface area contributed by atoms with Crippen LogP contribution in [0.3, 0.4) is 0 Å². The molecule has 4 heteroatoms. The van der Waals surface area contributed by atoms with Crippen molar-refractivity contribution in [1.82, 2.24) is 15.1 Å². The van der Waals surface area contributed by atoms with Crippen LogP contribution in [0.4, 0.5) is 0 Å². The second kappa shape index (κ2) is 11.7. The molecule has 0 aromatic heterocycles. The summed E-state index contributed by atoms with van der Waals surface area (Å²) in [5.41, 5.74) is 4.85. The van der Waals surface area contributed by atoms with E-state index in [-0.39, 0.29) is 11.9 Å². The quantitative estimate of drug-likeness (QED) is 0.457. The highest BCUT2D eigenvalue weighted by atomic mass is 16.1. The number of nitrogens with zero attached hydrogens (tertiary/aromatic N) is 2. The third-order valence-corrected chi connectivity index (χ3v) is 8.70. The van der Waals surface area contributed by atoms with Crippen molar-refractivity contribution < 1.29 is 4.79 Å². The van der Waals surface area contributed by atoms with Crippen LogP contribution in [0, 0.1) is 0 Å². The molecule has 2 bridgehead atoms. The smallest absolute Gasteiger partial charge is 0.251 e. The fourth-order valence-electron chi connectivity index (χ4n) is 6.83. The van der Waals surface area contributed by atoms with Gasteiger partial charge in [0.25, 0.3) is 5.91 Å². The van der Waals surface area contributed by atoms with Gasteiger partial charge in [0.2, 0.25) is 0 Å². The van der Waals surface area contributed by atoms with E-state index >= 15 is 0 Å². The van der Waals surface area contributed by atoms with Crippen LogP contribution >= 0.6 is 0 Å². The van der Waals surface area contributed by atoms with Crippen molar-refractivity contribution in [3.63, 3.8) is 0 Å². The van der Waals surface area contributed by atoms with E-state index in [1.807, 2.05) is 12.1 Å². The van der Waals surface area contributed by atoms with Crippen LogP contribution in [0.1, 0.15) is 91.4 Å². The number of aryl methyl sites for hydroxylation is 1. The van der Waals surface area contributed by atoms with Gasteiger partial charge in [-0.1, -0.05) is 68.7 Å². The standard InChI is InChI=1S/C32H43N3O/c1-3-20-34-21-19-29-13-8-14-30(23-34)35(29)31(27-10-7-9-24(4-2)22-27)25-15-17-26(18-16-25)32(36)33-28-11-5-6-12-28/h3,7,9-10,15-18,22,28-31H,1,4-6,8,11-14,19-21,23H2,2H3,(H,33,36). The molecule has 36 heavy (non-hydrogen) atoms. The second-order valence-electron chi connectivity index (χ2n) is 11.1. The minimum atomic E-state index is 0.0738. The van der Waals surface area contributed by atoms with Crippen LogP contribution in [-0.4, -0.2) is 53.5 Å². The SMILES string of the molecule is C=CCN1CCC2CCCC(C1)N2C(c1ccc(C(=O)NC2CCCC2)cc1)c1cccc(CC)c1. The molecule has 0 radical (unpaired) electrons. The number of carbonyl (C=O) groups is 1. The molecule has 2 heterocycles. The van der Waals surface area contributed by atoms with Crippen molar-refractivity contribution in [1.29, 1.82) is 0 Å². The third kappa shape index (κ3) is 5.60. The molecule has 1 saturated carbocycles. The number of nitrogens with one attached hydrogen (secondary N) is 1. The fraction of sp³-hybridized carbons (Fsp3) is 0.531. The lowest BCUT2D eigenvalue weighted by Gasteiger charge is -2.46. The van der Waals surface area contributed by atoms with Gasteiger partial charge in [0.1, 0.15) is 0 Å². The molecule has 4 nitrogen and oxygen atoms in total. The highest BCUT2D eigenvalue weighted by molar-refractivity contribution is 5.94. The monoisotopic (exact) mass is 485 g/mol. The number of hydrogen-bond donors (Lipinski definition) is 1. The zero-order chi connectivity index (χ0) is 24.9. The van der Waals surface area contributed by atoms with Crippen molar-refractivity contribution in [2.75, 3.05) is 19.6 Å². The van der Waals surface area contributed by atoms with Crippen molar-refractivity contribution in [3.8, 4) is 0 Å². The van der Waals surface area contributed by atoms with Crippen molar-refractivity contribution >= 4 is 5.91 Å². The second-order valence-corrected chi connectivity index (χ2v) is 11.1. The Morgan fingerprint density at radius 1 is 1.00 bits per heavy atom. The number of amides is 1. The lowest BCUT2D eigenvalue weighted by molar-refractivity contribution is 0.0563. The van der Waals surface area contributed by atoms with Crippen LogP contribution in [0.25, 0.3) is 0 Å². The molecule has 5 rings (SSSR count). The Bertz CT molecular complexity index is 1030. The number of rotatable bonds is 8. The summed E-state index contributed by atoms with van der Waals surface area (Å²) in [5.74, 6) is 0.0738. The Morgan fingerprint density at radius 2 is 1.78 bits per heavy atom. The lowest BCUT2D eigenvalue weighted by Crippen LogP contribution is -2.50. The van der Waals surface area contributed by atoms with E-state index in [0.717, 1.165) is 44.5 Å². The summed E-state index contributed by atoms with van der Waals surface area (Å²) in [6, 6.07) is 19.4. The number of carbonyl (C=O) groups excluding carboxylic acids is 1. The highest BCUT2D eigenvalue weighted by Crippen LogP contribution is 2.40. The maximum Gasteiger partial charge on any atom is 0.251 e. The van der Waals surface area contributed by atoms with Crippen molar-refractivity contribution in [2.45, 2.75) is 88.9 Å². The first-order chi connectivity index (χ1) is 17.7. The van der Waals surface area contributed by atoms with Gasteiger partial charge < -0.3 is 5.32 Å². The number of piperidine rings is 1. The van der Waals surface area contributed by atoms with Crippen molar-refractivity contribution in [3.05, 3.63) is 83.4 Å². The Balaban J connectivity index is 1.47. The normalized spacial score (nSPS) is 24.2. The molecule has 1 aliphatic carbocycles. The minimum Gasteiger partial charge on any atom is -0.349 e. The zero-order valence-corrected chi connectivity index (χ0v) is 22.0. The van der Waals surface area contributed by atoms with Crippen LogP contribution in [0.2, 0.25) is 0 Å². The van der Waals surface area contributed by atoms with E-state index in [1.54, 1.807) is 0 Å². The van der Waals surface area contributed by atoms with Gasteiger partial charge in [-0.25, -0.2) is 0 Å². The van der Waals surface area contributed by atoms with Crippen LogP contribution in [0.15, 0.2) is 61.2 Å². The van der Waals surface area contributed by atoms with Gasteiger partial charge in [-0.15, -0.1) is 6.58 Å². The first-order valence-corrected chi connectivity index (χ1v) is 14.3. The molecule has 2 aromatic rings. The Morgan fingerprint density at radius 3 is 2.53 bits per heavy atom. The number of fused-ring (bicyclic) bond motifs is 2. The molecule has 1 amide bonds.